The van der Waals surface area contributed by atoms with Crippen molar-refractivity contribution in [1.29, 1.82) is 0 Å². The van der Waals surface area contributed by atoms with Gasteiger partial charge >= 0.3 is 11.8 Å². The number of hydrogen-bond acceptors (Lipinski definition) is 4. The number of aromatic nitrogens is 2. The molecule has 0 unspecified atom stereocenters. The summed E-state index contributed by atoms with van der Waals surface area (Å²) in [6.07, 6.45) is 1.85. The van der Waals surface area contributed by atoms with Crippen LogP contribution in [0.2, 0.25) is 0 Å². The molecule has 31 heavy (non-hydrogen) atoms. The Morgan fingerprint density at radius 3 is 2.16 bits per heavy atom. The van der Waals surface area contributed by atoms with Gasteiger partial charge in [0, 0.05) is 24.7 Å². The number of carbonyl (C=O) groups excluding carboxylic acids is 2. The third-order valence-electron chi connectivity index (χ3n) is 6.31. The lowest BCUT2D eigenvalue weighted by atomic mass is 9.75. The van der Waals surface area contributed by atoms with E-state index in [2.05, 4.69) is 22.3 Å². The number of hydrogen-bond donors (Lipinski definition) is 0. The Bertz CT molecular complexity index is 1060. The Labute approximate surface area is 181 Å². The highest BCUT2D eigenvalue weighted by molar-refractivity contribution is 6.35. The maximum Gasteiger partial charge on any atom is 0.312 e. The van der Waals surface area contributed by atoms with Crippen LogP contribution in [0.25, 0.3) is 11.3 Å². The van der Waals surface area contributed by atoms with Gasteiger partial charge in [-0.2, -0.15) is 10.2 Å². The van der Waals surface area contributed by atoms with Crippen LogP contribution in [0.4, 0.5) is 0 Å². The zero-order valence-corrected chi connectivity index (χ0v) is 17.2. The van der Waals surface area contributed by atoms with Crippen molar-refractivity contribution < 1.29 is 9.59 Å². The summed E-state index contributed by atoms with van der Waals surface area (Å²) in [5, 5.41) is 8.54. The van der Waals surface area contributed by atoms with Crippen molar-refractivity contribution in [3.63, 3.8) is 0 Å². The predicted molar refractivity (Wildman–Crippen MR) is 117 cm³/mol. The maximum atomic E-state index is 12.7. The van der Waals surface area contributed by atoms with E-state index in [9.17, 15) is 9.59 Å². The van der Waals surface area contributed by atoms with E-state index in [4.69, 9.17) is 0 Å². The van der Waals surface area contributed by atoms with Crippen molar-refractivity contribution in [2.45, 2.75) is 31.3 Å². The number of carbonyl (C=O) groups is 2. The normalized spacial score (nSPS) is 21.2. The Balaban J connectivity index is 1.18. The van der Waals surface area contributed by atoms with Crippen LogP contribution >= 0.6 is 0 Å². The molecule has 2 heterocycles. The molecule has 0 N–H and O–H groups in total. The number of benzene rings is 2. The third-order valence-corrected chi connectivity index (χ3v) is 6.31. The van der Waals surface area contributed by atoms with Crippen LogP contribution in [-0.2, 0) is 16.1 Å². The van der Waals surface area contributed by atoms with Gasteiger partial charge in [0.15, 0.2) is 0 Å². The molecule has 1 aliphatic heterocycles. The summed E-state index contributed by atoms with van der Waals surface area (Å²) in [7, 11) is 0. The zero-order valence-electron chi connectivity index (χ0n) is 17.2. The second kappa shape index (κ2) is 8.30. The van der Waals surface area contributed by atoms with Gasteiger partial charge in [-0.05, 0) is 36.5 Å². The Kier molecular flexibility index (Phi) is 5.20. The monoisotopic (exact) mass is 412 g/mol. The standard InChI is InChI=1S/C25H24N4O2/c30-24-25(31)29(22-15-20(16-22)18-7-3-1-4-8-18)14-13-28(24)17-21-11-12-23(27-26-21)19-9-5-2-6-10-19/h1-12,20,22H,13-17H2/t20-,22-. The van der Waals surface area contributed by atoms with Crippen molar-refractivity contribution >= 4 is 11.8 Å². The molecular weight excluding hydrogens is 388 g/mol. The third kappa shape index (κ3) is 3.93. The molecule has 1 aliphatic carbocycles. The highest BCUT2D eigenvalue weighted by Crippen LogP contribution is 2.40. The summed E-state index contributed by atoms with van der Waals surface area (Å²) in [6, 6.07) is 24.1. The van der Waals surface area contributed by atoms with Gasteiger partial charge in [0.1, 0.15) is 0 Å². The van der Waals surface area contributed by atoms with Crippen LogP contribution in [0.1, 0.15) is 30.0 Å². The summed E-state index contributed by atoms with van der Waals surface area (Å²) < 4.78 is 0. The molecule has 5 rings (SSSR count). The fraction of sp³-hybridized carbons (Fsp3) is 0.280. The molecule has 2 fully saturated rings. The van der Waals surface area contributed by atoms with E-state index in [-0.39, 0.29) is 6.04 Å². The summed E-state index contributed by atoms with van der Waals surface area (Å²) in [6.45, 7) is 1.41. The van der Waals surface area contributed by atoms with Crippen molar-refractivity contribution in [1.82, 2.24) is 20.0 Å². The molecule has 1 saturated heterocycles. The number of piperazine rings is 1. The minimum Gasteiger partial charge on any atom is -0.330 e. The summed E-state index contributed by atoms with van der Waals surface area (Å²) in [5.74, 6) is -0.356. The Morgan fingerprint density at radius 2 is 1.48 bits per heavy atom. The van der Waals surface area contributed by atoms with E-state index in [0.29, 0.717) is 31.2 Å². The quantitative estimate of drug-likeness (QED) is 0.604. The van der Waals surface area contributed by atoms with E-state index >= 15 is 0 Å². The van der Waals surface area contributed by atoms with E-state index in [1.54, 1.807) is 9.80 Å². The van der Waals surface area contributed by atoms with Gasteiger partial charge in [-0.3, -0.25) is 9.59 Å². The lowest BCUT2D eigenvalue weighted by Crippen LogP contribution is -2.59. The van der Waals surface area contributed by atoms with Crippen LogP contribution in [0.3, 0.4) is 0 Å². The van der Waals surface area contributed by atoms with E-state index in [1.165, 1.54) is 5.56 Å². The maximum absolute atomic E-state index is 12.7. The first-order valence-corrected chi connectivity index (χ1v) is 10.7. The van der Waals surface area contributed by atoms with Crippen molar-refractivity contribution in [2.75, 3.05) is 13.1 Å². The smallest absolute Gasteiger partial charge is 0.312 e. The molecule has 2 aliphatic rings. The Hall–Kier alpha value is -3.54. The largest absolute Gasteiger partial charge is 0.330 e. The van der Waals surface area contributed by atoms with Gasteiger partial charge < -0.3 is 9.80 Å². The van der Waals surface area contributed by atoms with Gasteiger partial charge in [0.2, 0.25) is 0 Å². The summed E-state index contributed by atoms with van der Waals surface area (Å²) in [5.41, 5.74) is 3.78. The van der Waals surface area contributed by atoms with Crippen LogP contribution in [0, 0.1) is 0 Å². The molecule has 1 saturated carbocycles. The molecule has 0 spiro atoms. The molecule has 156 valence electrons. The molecular formula is C25H24N4O2. The molecule has 2 aromatic carbocycles. The average molecular weight is 412 g/mol. The lowest BCUT2D eigenvalue weighted by Gasteiger charge is -2.45. The van der Waals surface area contributed by atoms with Crippen molar-refractivity contribution in [3.05, 3.63) is 84.1 Å². The Morgan fingerprint density at radius 1 is 0.774 bits per heavy atom. The first-order chi connectivity index (χ1) is 15.2. The molecule has 0 atom stereocenters. The molecule has 6 heteroatoms. The first kappa shape index (κ1) is 19.4. The van der Waals surface area contributed by atoms with Crippen molar-refractivity contribution in [2.24, 2.45) is 0 Å². The highest BCUT2D eigenvalue weighted by Gasteiger charge is 2.42. The number of amides is 2. The molecule has 2 amide bonds. The first-order valence-electron chi connectivity index (χ1n) is 10.7. The fourth-order valence-electron chi connectivity index (χ4n) is 4.43. The second-order valence-electron chi connectivity index (χ2n) is 8.23. The van der Waals surface area contributed by atoms with Gasteiger partial charge in [0.25, 0.3) is 0 Å². The topological polar surface area (TPSA) is 66.4 Å². The van der Waals surface area contributed by atoms with E-state index in [0.717, 1.165) is 24.1 Å². The van der Waals surface area contributed by atoms with Gasteiger partial charge in [-0.1, -0.05) is 60.7 Å². The number of rotatable bonds is 5. The predicted octanol–water partition coefficient (Wildman–Crippen LogP) is 3.26. The summed E-state index contributed by atoms with van der Waals surface area (Å²) >= 11 is 0. The van der Waals surface area contributed by atoms with Gasteiger partial charge in [-0.25, -0.2) is 0 Å². The highest BCUT2D eigenvalue weighted by atomic mass is 16.2. The van der Waals surface area contributed by atoms with Gasteiger partial charge in [-0.15, -0.1) is 0 Å². The van der Waals surface area contributed by atoms with Crippen LogP contribution in [0.5, 0.6) is 0 Å². The van der Waals surface area contributed by atoms with E-state index in [1.807, 2.05) is 60.7 Å². The lowest BCUT2D eigenvalue weighted by molar-refractivity contribution is -0.159. The molecule has 1 aromatic heterocycles. The number of nitrogens with zero attached hydrogens (tertiary/aromatic N) is 4. The molecule has 0 radical (unpaired) electrons. The fourth-order valence-corrected chi connectivity index (χ4v) is 4.43. The minimum absolute atomic E-state index is 0.161. The van der Waals surface area contributed by atoms with Crippen LogP contribution < -0.4 is 0 Å². The summed E-state index contributed by atoms with van der Waals surface area (Å²) in [4.78, 5) is 28.8. The molecule has 6 nitrogen and oxygen atoms in total. The van der Waals surface area contributed by atoms with Crippen molar-refractivity contribution in [3.8, 4) is 11.3 Å². The van der Waals surface area contributed by atoms with Crippen LogP contribution in [-0.4, -0.2) is 50.9 Å². The molecule has 3 aromatic rings. The SMILES string of the molecule is O=C1C(=O)N([C@H]2C[C@H](c3ccccc3)C2)CCN1Cc1ccc(-c2ccccc2)nn1. The van der Waals surface area contributed by atoms with Crippen LogP contribution in [0.15, 0.2) is 72.8 Å². The zero-order chi connectivity index (χ0) is 21.2. The second-order valence-corrected chi connectivity index (χ2v) is 8.23. The van der Waals surface area contributed by atoms with E-state index < -0.39 is 11.8 Å². The average Bonchev–Trinajstić information content (AvgIpc) is 2.79. The van der Waals surface area contributed by atoms with Gasteiger partial charge in [0.05, 0.1) is 17.9 Å². The minimum atomic E-state index is -0.441. The molecule has 0 bridgehead atoms.